The molecule has 1 saturated carbocycles. The number of benzene rings is 1. The van der Waals surface area contributed by atoms with E-state index in [9.17, 15) is 4.79 Å². The minimum absolute atomic E-state index is 0.173. The van der Waals surface area contributed by atoms with Gasteiger partial charge in [-0.2, -0.15) is 0 Å². The molecule has 1 aliphatic carbocycles. The predicted octanol–water partition coefficient (Wildman–Crippen LogP) is 4.31. The van der Waals surface area contributed by atoms with Gasteiger partial charge in [0.1, 0.15) is 0 Å². The predicted molar refractivity (Wildman–Crippen MR) is 92.2 cm³/mol. The number of amides is 1. The van der Waals surface area contributed by atoms with Gasteiger partial charge in [0.2, 0.25) is 5.91 Å². The van der Waals surface area contributed by atoms with Crippen LogP contribution in [0.25, 0.3) is 0 Å². The molecule has 2 nitrogen and oxygen atoms in total. The van der Waals surface area contributed by atoms with E-state index in [0.717, 1.165) is 13.0 Å². The summed E-state index contributed by atoms with van der Waals surface area (Å²) in [5, 5.41) is 5.34. The van der Waals surface area contributed by atoms with Gasteiger partial charge < -0.3 is 5.32 Å². The Bertz CT molecular complexity index is 585. The maximum Gasteiger partial charge on any atom is 0.220 e. The lowest BCUT2D eigenvalue weighted by molar-refractivity contribution is -0.121. The molecular formula is C19H23NOS. The lowest BCUT2D eigenvalue weighted by Crippen LogP contribution is -2.38. The van der Waals surface area contributed by atoms with E-state index in [-0.39, 0.29) is 11.3 Å². The van der Waals surface area contributed by atoms with Crippen LogP contribution in [0.5, 0.6) is 0 Å². The maximum atomic E-state index is 12.2. The van der Waals surface area contributed by atoms with Crippen LogP contribution < -0.4 is 5.32 Å². The summed E-state index contributed by atoms with van der Waals surface area (Å²) in [7, 11) is 0. The molecule has 1 aliphatic rings. The van der Waals surface area contributed by atoms with E-state index in [1.165, 1.54) is 36.1 Å². The first kappa shape index (κ1) is 15.3. The number of hydrogen-bond donors (Lipinski definition) is 1. The quantitative estimate of drug-likeness (QED) is 0.846. The van der Waals surface area contributed by atoms with Gasteiger partial charge in [0.05, 0.1) is 0 Å². The third-order valence-corrected chi connectivity index (χ3v) is 5.83. The summed E-state index contributed by atoms with van der Waals surface area (Å²) in [6.45, 7) is 0.793. The summed E-state index contributed by atoms with van der Waals surface area (Å²) in [5.74, 6) is 0.173. The first-order chi connectivity index (χ1) is 10.8. The van der Waals surface area contributed by atoms with Crippen LogP contribution in [0.1, 0.15) is 42.5 Å². The van der Waals surface area contributed by atoms with Gasteiger partial charge in [0.15, 0.2) is 0 Å². The van der Waals surface area contributed by atoms with Crippen molar-refractivity contribution >= 4 is 17.2 Å². The van der Waals surface area contributed by atoms with E-state index in [0.29, 0.717) is 6.42 Å². The lowest BCUT2D eigenvalue weighted by atomic mass is 9.84. The Hall–Kier alpha value is -1.61. The van der Waals surface area contributed by atoms with Crippen molar-refractivity contribution in [3.8, 4) is 0 Å². The average Bonchev–Trinajstić information content (AvgIpc) is 3.24. The summed E-state index contributed by atoms with van der Waals surface area (Å²) in [5.41, 5.74) is 1.42. The van der Waals surface area contributed by atoms with Crippen LogP contribution in [-0.4, -0.2) is 12.5 Å². The lowest BCUT2D eigenvalue weighted by Gasteiger charge is -2.28. The molecule has 1 fully saturated rings. The monoisotopic (exact) mass is 313 g/mol. The highest BCUT2D eigenvalue weighted by Crippen LogP contribution is 2.42. The van der Waals surface area contributed by atoms with Crippen LogP contribution in [0.3, 0.4) is 0 Å². The van der Waals surface area contributed by atoms with Crippen LogP contribution >= 0.6 is 11.3 Å². The van der Waals surface area contributed by atoms with Crippen LogP contribution in [0.15, 0.2) is 47.8 Å². The minimum atomic E-state index is 0.173. The Balaban J connectivity index is 1.53. The van der Waals surface area contributed by atoms with Gasteiger partial charge in [0.25, 0.3) is 0 Å². The average molecular weight is 313 g/mol. The third kappa shape index (κ3) is 3.58. The molecule has 1 N–H and O–H groups in total. The Morgan fingerprint density at radius 2 is 1.86 bits per heavy atom. The van der Waals surface area contributed by atoms with E-state index < -0.39 is 0 Å². The van der Waals surface area contributed by atoms with Gasteiger partial charge in [-0.05, 0) is 36.3 Å². The van der Waals surface area contributed by atoms with Gasteiger partial charge in [-0.1, -0.05) is 49.2 Å². The summed E-state index contributed by atoms with van der Waals surface area (Å²) in [4.78, 5) is 13.6. The molecule has 1 aromatic carbocycles. The number of rotatable bonds is 6. The van der Waals surface area contributed by atoms with Crippen LogP contribution in [0.2, 0.25) is 0 Å². The second kappa shape index (κ2) is 7.10. The third-order valence-electron chi connectivity index (χ3n) is 4.71. The topological polar surface area (TPSA) is 29.1 Å². The number of thiophene rings is 1. The molecule has 0 atom stereocenters. The molecule has 0 saturated heterocycles. The van der Waals surface area contributed by atoms with Gasteiger partial charge in [-0.15, -0.1) is 11.3 Å². The van der Waals surface area contributed by atoms with Crippen LogP contribution in [0, 0.1) is 0 Å². The molecule has 1 heterocycles. The van der Waals surface area contributed by atoms with Gasteiger partial charge in [-0.3, -0.25) is 4.79 Å². The zero-order valence-electron chi connectivity index (χ0n) is 12.9. The van der Waals surface area contributed by atoms with Crippen LogP contribution in [0.4, 0.5) is 0 Å². The van der Waals surface area contributed by atoms with E-state index in [4.69, 9.17) is 0 Å². The van der Waals surface area contributed by atoms with Gasteiger partial charge in [-0.25, -0.2) is 0 Å². The Labute approximate surface area is 136 Å². The van der Waals surface area contributed by atoms with Crippen molar-refractivity contribution in [2.45, 2.75) is 43.9 Å². The van der Waals surface area contributed by atoms with Crippen molar-refractivity contribution in [2.75, 3.05) is 6.54 Å². The molecule has 1 aromatic heterocycles. The van der Waals surface area contributed by atoms with Gasteiger partial charge in [0, 0.05) is 23.3 Å². The zero-order chi connectivity index (χ0) is 15.3. The van der Waals surface area contributed by atoms with Crippen molar-refractivity contribution in [3.63, 3.8) is 0 Å². The van der Waals surface area contributed by atoms with Crippen molar-refractivity contribution in [1.82, 2.24) is 5.32 Å². The highest BCUT2D eigenvalue weighted by Gasteiger charge is 2.36. The molecule has 0 aliphatic heterocycles. The zero-order valence-corrected chi connectivity index (χ0v) is 13.7. The molecule has 0 radical (unpaired) electrons. The number of carbonyl (C=O) groups excluding carboxylic acids is 1. The molecule has 22 heavy (non-hydrogen) atoms. The highest BCUT2D eigenvalue weighted by atomic mass is 32.1. The number of nitrogens with one attached hydrogen (secondary N) is 1. The maximum absolute atomic E-state index is 12.2. The van der Waals surface area contributed by atoms with Gasteiger partial charge >= 0.3 is 0 Å². The normalized spacial score (nSPS) is 16.5. The summed E-state index contributed by atoms with van der Waals surface area (Å²) < 4.78 is 0. The highest BCUT2D eigenvalue weighted by molar-refractivity contribution is 7.10. The second-order valence-corrected chi connectivity index (χ2v) is 7.17. The Kier molecular flexibility index (Phi) is 4.94. The fourth-order valence-corrected chi connectivity index (χ4v) is 4.39. The molecule has 2 aromatic rings. The molecule has 1 amide bonds. The van der Waals surface area contributed by atoms with Crippen molar-refractivity contribution < 1.29 is 4.79 Å². The molecule has 3 rings (SSSR count). The molecule has 0 bridgehead atoms. The Morgan fingerprint density at radius 3 is 2.55 bits per heavy atom. The fourth-order valence-electron chi connectivity index (χ4n) is 3.40. The first-order valence-corrected chi connectivity index (χ1v) is 9.01. The minimum Gasteiger partial charge on any atom is -0.355 e. The molecule has 3 heteroatoms. The van der Waals surface area contributed by atoms with Crippen molar-refractivity contribution in [3.05, 3.63) is 58.3 Å². The number of carbonyl (C=O) groups is 1. The SMILES string of the molecule is O=C(CCc1ccccc1)NCC1(c2cccs2)CCCC1. The molecular weight excluding hydrogens is 290 g/mol. The molecule has 0 spiro atoms. The van der Waals surface area contributed by atoms with Crippen molar-refractivity contribution in [2.24, 2.45) is 0 Å². The van der Waals surface area contributed by atoms with Crippen molar-refractivity contribution in [1.29, 1.82) is 0 Å². The number of hydrogen-bond acceptors (Lipinski definition) is 2. The van der Waals surface area contributed by atoms with E-state index in [2.05, 4.69) is 35.0 Å². The van der Waals surface area contributed by atoms with Crippen LogP contribution in [-0.2, 0) is 16.6 Å². The Morgan fingerprint density at radius 1 is 1.09 bits per heavy atom. The summed E-state index contributed by atoms with van der Waals surface area (Å²) >= 11 is 1.83. The fraction of sp³-hybridized carbons (Fsp3) is 0.421. The largest absolute Gasteiger partial charge is 0.355 e. The second-order valence-electron chi connectivity index (χ2n) is 6.23. The van der Waals surface area contributed by atoms with E-state index in [1.54, 1.807) is 0 Å². The number of aryl methyl sites for hydroxylation is 1. The first-order valence-electron chi connectivity index (χ1n) is 8.13. The summed E-state index contributed by atoms with van der Waals surface area (Å²) in [6, 6.07) is 14.6. The summed E-state index contributed by atoms with van der Waals surface area (Å²) in [6.07, 6.45) is 6.34. The van der Waals surface area contributed by atoms with E-state index in [1.807, 2.05) is 29.5 Å². The molecule has 0 unspecified atom stereocenters. The molecule has 116 valence electrons. The smallest absolute Gasteiger partial charge is 0.220 e. The standard InChI is InChI=1S/C19H23NOS/c21-18(11-10-16-7-2-1-3-8-16)20-15-19(12-4-5-13-19)17-9-6-14-22-17/h1-3,6-9,14H,4-5,10-13,15H2,(H,20,21). The van der Waals surface area contributed by atoms with E-state index >= 15 is 0 Å².